The second-order valence-electron chi connectivity index (χ2n) is 6.83. The van der Waals surface area contributed by atoms with E-state index in [1.165, 1.54) is 36.4 Å². The summed E-state index contributed by atoms with van der Waals surface area (Å²) in [6.45, 7) is 0.774. The Morgan fingerprint density at radius 1 is 0.931 bits per heavy atom. The molecule has 2 N–H and O–H groups in total. The molecule has 0 saturated carbocycles. The molecule has 0 aliphatic rings. The molecule has 29 heavy (non-hydrogen) atoms. The highest BCUT2D eigenvalue weighted by atomic mass is 16.7. The molecule has 0 aromatic heterocycles. The molecule has 0 unspecified atom stereocenters. The van der Waals surface area contributed by atoms with Gasteiger partial charge < -0.3 is 4.90 Å². The molecule has 0 atom stereocenters. The highest BCUT2D eigenvalue weighted by Crippen LogP contribution is 2.30. The molecule has 7 heteroatoms. The monoisotopic (exact) mass is 393 g/mol. The van der Waals surface area contributed by atoms with Crippen molar-refractivity contribution in [3.05, 3.63) is 77.4 Å². The predicted molar refractivity (Wildman–Crippen MR) is 111 cm³/mol. The van der Waals surface area contributed by atoms with E-state index in [4.69, 9.17) is 10.0 Å². The van der Waals surface area contributed by atoms with Crippen LogP contribution in [0.15, 0.2) is 60.7 Å². The van der Waals surface area contributed by atoms with Gasteiger partial charge in [0.25, 0.3) is 11.8 Å². The van der Waals surface area contributed by atoms with Crippen molar-refractivity contribution in [3.8, 4) is 0 Å². The predicted octanol–water partition coefficient (Wildman–Crippen LogP) is 3.23. The molecule has 2 amide bonds. The molecule has 0 aliphatic carbocycles. The minimum Gasteiger partial charge on any atom is -0.305 e. The zero-order chi connectivity index (χ0) is 21.0. The summed E-state index contributed by atoms with van der Waals surface area (Å²) in [6.07, 6.45) is 0. The Bertz CT molecular complexity index is 1030. The van der Waals surface area contributed by atoms with E-state index in [0.717, 1.165) is 22.9 Å². The van der Waals surface area contributed by atoms with Crippen molar-refractivity contribution in [2.75, 3.05) is 26.3 Å². The maximum absolute atomic E-state index is 13.1. The normalized spacial score (nSPS) is 10.9. The molecule has 7 nitrogen and oxygen atoms in total. The highest BCUT2D eigenvalue weighted by molar-refractivity contribution is 6.10. The lowest BCUT2D eigenvalue weighted by Crippen LogP contribution is -2.30. The molecule has 0 bridgehead atoms. The second-order valence-corrected chi connectivity index (χ2v) is 6.83. The Balaban J connectivity index is 2.00. The van der Waals surface area contributed by atoms with Gasteiger partial charge in [0.2, 0.25) is 0 Å². The summed E-state index contributed by atoms with van der Waals surface area (Å²) in [5.74, 6) is -1.01. The third-order valence-corrected chi connectivity index (χ3v) is 4.56. The van der Waals surface area contributed by atoms with Crippen LogP contribution in [-0.4, -0.2) is 43.1 Å². The maximum atomic E-state index is 13.1. The first-order valence-corrected chi connectivity index (χ1v) is 9.04. The van der Waals surface area contributed by atoms with Crippen molar-refractivity contribution < 1.29 is 19.6 Å². The van der Waals surface area contributed by atoms with Gasteiger partial charge in [0.05, 0.1) is 12.8 Å². The van der Waals surface area contributed by atoms with E-state index in [2.05, 4.69) is 11.0 Å². The first-order chi connectivity index (χ1) is 14.0. The standard InChI is InChI=1S/C22H23N3O4/c1-24(2)14-17-6-4-8-19-18(17)7-5-9-20(19)25(29-3)22(27)16-12-10-15(11-13-16)21(26)23-28/h4-13,28H,14H2,1-3H3,(H,23,26). The Morgan fingerprint density at radius 3 is 2.17 bits per heavy atom. The van der Waals surface area contributed by atoms with Gasteiger partial charge in [-0.3, -0.25) is 19.6 Å². The van der Waals surface area contributed by atoms with Crippen molar-refractivity contribution in [1.29, 1.82) is 0 Å². The molecule has 3 rings (SSSR count). The number of nitrogens with one attached hydrogen (secondary N) is 1. The number of hydrogen-bond acceptors (Lipinski definition) is 5. The van der Waals surface area contributed by atoms with Crippen LogP contribution in [0, 0.1) is 0 Å². The average molecular weight is 393 g/mol. The van der Waals surface area contributed by atoms with E-state index in [-0.39, 0.29) is 11.5 Å². The van der Waals surface area contributed by atoms with E-state index in [1.807, 2.05) is 44.4 Å². The van der Waals surface area contributed by atoms with Crippen LogP contribution in [0.3, 0.4) is 0 Å². The maximum Gasteiger partial charge on any atom is 0.282 e. The number of benzene rings is 3. The number of carbonyl (C=O) groups excluding carboxylic acids is 2. The molecule has 3 aromatic rings. The van der Waals surface area contributed by atoms with E-state index < -0.39 is 5.91 Å². The summed E-state index contributed by atoms with van der Waals surface area (Å²) < 4.78 is 0. The van der Waals surface area contributed by atoms with Crippen molar-refractivity contribution in [2.45, 2.75) is 6.54 Å². The Kier molecular flexibility index (Phi) is 6.23. The van der Waals surface area contributed by atoms with Gasteiger partial charge in [-0.25, -0.2) is 5.48 Å². The van der Waals surface area contributed by atoms with Crippen LogP contribution in [0.5, 0.6) is 0 Å². The first-order valence-electron chi connectivity index (χ1n) is 9.04. The van der Waals surface area contributed by atoms with Crippen LogP contribution >= 0.6 is 0 Å². The summed E-state index contributed by atoms with van der Waals surface area (Å²) >= 11 is 0. The molecule has 0 heterocycles. The number of hydroxylamine groups is 2. The third-order valence-electron chi connectivity index (χ3n) is 4.56. The number of fused-ring (bicyclic) bond motifs is 1. The largest absolute Gasteiger partial charge is 0.305 e. The number of amides is 2. The van der Waals surface area contributed by atoms with Gasteiger partial charge in [-0.05, 0) is 55.4 Å². The fraction of sp³-hybridized carbons (Fsp3) is 0.182. The fourth-order valence-corrected chi connectivity index (χ4v) is 3.25. The molecule has 0 aliphatic heterocycles. The van der Waals surface area contributed by atoms with Gasteiger partial charge in [-0.2, -0.15) is 5.06 Å². The van der Waals surface area contributed by atoms with Crippen LogP contribution in [0.2, 0.25) is 0 Å². The lowest BCUT2D eigenvalue weighted by Gasteiger charge is -2.22. The summed E-state index contributed by atoms with van der Waals surface area (Å²) in [7, 11) is 5.46. The molecule has 0 fully saturated rings. The minimum absolute atomic E-state index is 0.242. The van der Waals surface area contributed by atoms with Crippen molar-refractivity contribution in [1.82, 2.24) is 10.4 Å². The molecule has 0 spiro atoms. The number of hydrogen-bond donors (Lipinski definition) is 2. The topological polar surface area (TPSA) is 82.1 Å². The molecule has 0 radical (unpaired) electrons. The van der Waals surface area contributed by atoms with Crippen LogP contribution < -0.4 is 10.5 Å². The van der Waals surface area contributed by atoms with Crippen LogP contribution in [0.25, 0.3) is 10.8 Å². The third kappa shape index (κ3) is 4.27. The van der Waals surface area contributed by atoms with E-state index >= 15 is 0 Å². The molecule has 150 valence electrons. The van der Waals surface area contributed by atoms with Crippen LogP contribution in [0.1, 0.15) is 26.3 Å². The minimum atomic E-state index is -0.643. The van der Waals surface area contributed by atoms with Gasteiger partial charge in [0.15, 0.2) is 0 Å². The van der Waals surface area contributed by atoms with Crippen LogP contribution in [-0.2, 0) is 11.4 Å². The number of nitrogens with zero attached hydrogens (tertiary/aromatic N) is 2. The molecular formula is C22H23N3O4. The zero-order valence-corrected chi connectivity index (χ0v) is 16.5. The molecule has 3 aromatic carbocycles. The average Bonchev–Trinajstić information content (AvgIpc) is 2.74. The summed E-state index contributed by atoms with van der Waals surface area (Å²) in [5.41, 5.74) is 3.94. The highest BCUT2D eigenvalue weighted by Gasteiger charge is 2.21. The van der Waals surface area contributed by atoms with E-state index in [0.29, 0.717) is 11.3 Å². The fourth-order valence-electron chi connectivity index (χ4n) is 3.25. The van der Waals surface area contributed by atoms with E-state index in [9.17, 15) is 9.59 Å². The summed E-state index contributed by atoms with van der Waals surface area (Å²) in [4.78, 5) is 32.1. The zero-order valence-electron chi connectivity index (χ0n) is 16.5. The Hall–Kier alpha value is -3.26. The first kappa shape index (κ1) is 20.5. The van der Waals surface area contributed by atoms with Gasteiger partial charge in [0.1, 0.15) is 0 Å². The number of carbonyl (C=O) groups is 2. The summed E-state index contributed by atoms with van der Waals surface area (Å²) in [6, 6.07) is 17.7. The number of rotatable bonds is 6. The van der Waals surface area contributed by atoms with Gasteiger partial charge >= 0.3 is 0 Å². The van der Waals surface area contributed by atoms with Crippen molar-refractivity contribution in [3.63, 3.8) is 0 Å². The van der Waals surface area contributed by atoms with E-state index in [1.54, 1.807) is 5.48 Å². The lowest BCUT2D eigenvalue weighted by molar-refractivity contribution is 0.0705. The second kappa shape index (κ2) is 8.83. The SMILES string of the molecule is CON(C(=O)c1ccc(C(=O)NO)cc1)c1cccc2c(CN(C)C)cccc12. The van der Waals surface area contributed by atoms with Crippen molar-refractivity contribution >= 4 is 28.3 Å². The Morgan fingerprint density at radius 2 is 1.55 bits per heavy atom. The lowest BCUT2D eigenvalue weighted by atomic mass is 10.0. The van der Waals surface area contributed by atoms with Crippen molar-refractivity contribution in [2.24, 2.45) is 0 Å². The Labute approximate surface area is 169 Å². The summed E-state index contributed by atoms with van der Waals surface area (Å²) in [5, 5.41) is 11.9. The van der Waals surface area contributed by atoms with Gasteiger partial charge in [0, 0.05) is 23.1 Å². The molecule has 0 saturated heterocycles. The van der Waals surface area contributed by atoms with Crippen LogP contribution in [0.4, 0.5) is 5.69 Å². The smallest absolute Gasteiger partial charge is 0.282 e. The molecular weight excluding hydrogens is 370 g/mol. The van der Waals surface area contributed by atoms with Gasteiger partial charge in [-0.1, -0.05) is 30.3 Å². The number of anilines is 1. The quantitative estimate of drug-likeness (QED) is 0.496. The van der Waals surface area contributed by atoms with Gasteiger partial charge in [-0.15, -0.1) is 0 Å².